The van der Waals surface area contributed by atoms with Crippen LogP contribution in [0.5, 0.6) is 0 Å². The maximum absolute atomic E-state index is 6.66. The first-order valence-electron chi connectivity index (χ1n) is 10.7. The fourth-order valence-corrected chi connectivity index (χ4v) is 5.17. The standard InChI is InChI=1S/C30H18BrClO/c31-26-10-5-11-28-30(26)24-14-12-22(18-29(24)33-28)21-13-15-27(32)25(17-21)23-9-4-8-20(16-23)19-6-2-1-3-7-19/h1-18H. The topological polar surface area (TPSA) is 13.1 Å². The number of fused-ring (bicyclic) bond motifs is 3. The highest BCUT2D eigenvalue weighted by molar-refractivity contribution is 9.10. The predicted molar refractivity (Wildman–Crippen MR) is 143 cm³/mol. The number of hydrogen-bond donors (Lipinski definition) is 0. The summed E-state index contributed by atoms with van der Waals surface area (Å²) in [5, 5.41) is 2.94. The van der Waals surface area contributed by atoms with Crippen molar-refractivity contribution in [3.8, 4) is 33.4 Å². The first-order valence-corrected chi connectivity index (χ1v) is 11.9. The summed E-state index contributed by atoms with van der Waals surface area (Å²) in [6.45, 7) is 0. The van der Waals surface area contributed by atoms with Crippen molar-refractivity contribution in [2.75, 3.05) is 0 Å². The number of benzene rings is 5. The summed E-state index contributed by atoms with van der Waals surface area (Å²) in [5.74, 6) is 0. The monoisotopic (exact) mass is 508 g/mol. The Kier molecular flexibility index (Phi) is 5.05. The molecule has 1 heterocycles. The highest BCUT2D eigenvalue weighted by Crippen LogP contribution is 2.38. The van der Waals surface area contributed by atoms with Crippen molar-refractivity contribution in [1.29, 1.82) is 0 Å². The molecule has 0 fully saturated rings. The van der Waals surface area contributed by atoms with E-state index in [1.807, 2.05) is 30.3 Å². The summed E-state index contributed by atoms with van der Waals surface area (Å²) in [6, 6.07) is 37.5. The van der Waals surface area contributed by atoms with E-state index in [0.717, 1.165) is 53.7 Å². The lowest BCUT2D eigenvalue weighted by molar-refractivity contribution is 0.669. The smallest absolute Gasteiger partial charge is 0.136 e. The second-order valence-corrected chi connectivity index (χ2v) is 9.33. The molecule has 0 aliphatic heterocycles. The molecule has 1 nitrogen and oxygen atoms in total. The lowest BCUT2D eigenvalue weighted by Gasteiger charge is -2.10. The Balaban J connectivity index is 1.45. The van der Waals surface area contributed by atoms with Gasteiger partial charge in [0.05, 0.1) is 0 Å². The lowest BCUT2D eigenvalue weighted by Crippen LogP contribution is -1.85. The molecule has 0 spiro atoms. The van der Waals surface area contributed by atoms with Crippen LogP contribution in [0, 0.1) is 0 Å². The third-order valence-corrected chi connectivity index (χ3v) is 7.02. The fourth-order valence-electron chi connectivity index (χ4n) is 4.39. The molecule has 0 aliphatic carbocycles. The van der Waals surface area contributed by atoms with E-state index in [1.165, 1.54) is 11.1 Å². The molecule has 0 aliphatic rings. The van der Waals surface area contributed by atoms with E-state index in [9.17, 15) is 0 Å². The second kappa shape index (κ2) is 8.22. The van der Waals surface area contributed by atoms with Crippen LogP contribution in [0.25, 0.3) is 55.3 Å². The molecule has 5 aromatic carbocycles. The van der Waals surface area contributed by atoms with Crippen molar-refractivity contribution in [1.82, 2.24) is 0 Å². The molecule has 6 rings (SSSR count). The Morgan fingerprint density at radius 2 is 1.24 bits per heavy atom. The largest absolute Gasteiger partial charge is 0.456 e. The molecule has 0 atom stereocenters. The molecule has 0 bridgehead atoms. The van der Waals surface area contributed by atoms with E-state index in [0.29, 0.717) is 0 Å². The summed E-state index contributed by atoms with van der Waals surface area (Å²) < 4.78 is 7.18. The molecule has 0 saturated carbocycles. The first-order chi connectivity index (χ1) is 16.2. The number of hydrogen-bond acceptors (Lipinski definition) is 1. The van der Waals surface area contributed by atoms with Gasteiger partial charge in [-0.15, -0.1) is 0 Å². The number of furan rings is 1. The van der Waals surface area contributed by atoms with Crippen molar-refractivity contribution in [3.05, 3.63) is 119 Å². The molecule has 33 heavy (non-hydrogen) atoms. The molecular formula is C30H18BrClO. The van der Waals surface area contributed by atoms with Gasteiger partial charge in [-0.25, -0.2) is 0 Å². The maximum atomic E-state index is 6.66. The molecule has 0 radical (unpaired) electrons. The Labute approximate surface area is 205 Å². The second-order valence-electron chi connectivity index (χ2n) is 8.07. The Morgan fingerprint density at radius 3 is 2.12 bits per heavy atom. The molecule has 3 heteroatoms. The summed E-state index contributed by atoms with van der Waals surface area (Å²) in [5.41, 5.74) is 8.41. The first kappa shape index (κ1) is 20.3. The quantitative estimate of drug-likeness (QED) is 0.231. The fraction of sp³-hybridized carbons (Fsp3) is 0. The van der Waals surface area contributed by atoms with Crippen LogP contribution in [-0.4, -0.2) is 0 Å². The Hall–Kier alpha value is -3.33. The highest BCUT2D eigenvalue weighted by Gasteiger charge is 2.12. The van der Waals surface area contributed by atoms with Gasteiger partial charge in [-0.2, -0.15) is 0 Å². The Morgan fingerprint density at radius 1 is 0.545 bits per heavy atom. The van der Waals surface area contributed by atoms with Crippen molar-refractivity contribution < 1.29 is 4.42 Å². The SMILES string of the molecule is Clc1ccc(-c2ccc3c(c2)oc2cccc(Br)c23)cc1-c1cccc(-c2ccccc2)c1. The molecule has 0 N–H and O–H groups in total. The average Bonchev–Trinajstić information content (AvgIpc) is 3.24. The molecule has 0 unspecified atom stereocenters. The molecule has 158 valence electrons. The highest BCUT2D eigenvalue weighted by atomic mass is 79.9. The van der Waals surface area contributed by atoms with E-state index >= 15 is 0 Å². The zero-order valence-corrected chi connectivity index (χ0v) is 19.9. The molecule has 0 saturated heterocycles. The van der Waals surface area contributed by atoms with Gasteiger partial charge in [0.2, 0.25) is 0 Å². The van der Waals surface area contributed by atoms with E-state index in [2.05, 4.69) is 94.8 Å². The maximum Gasteiger partial charge on any atom is 0.136 e. The zero-order chi connectivity index (χ0) is 22.4. The van der Waals surface area contributed by atoms with Crippen LogP contribution in [0.1, 0.15) is 0 Å². The van der Waals surface area contributed by atoms with Crippen LogP contribution in [0.15, 0.2) is 118 Å². The Bertz CT molecular complexity index is 1630. The molecule has 1 aromatic heterocycles. The van der Waals surface area contributed by atoms with Crippen LogP contribution in [0.2, 0.25) is 5.02 Å². The number of rotatable bonds is 3. The van der Waals surface area contributed by atoms with E-state index in [-0.39, 0.29) is 0 Å². The van der Waals surface area contributed by atoms with Gasteiger partial charge in [0.25, 0.3) is 0 Å². The van der Waals surface area contributed by atoms with Crippen molar-refractivity contribution in [3.63, 3.8) is 0 Å². The van der Waals surface area contributed by atoms with Gasteiger partial charge in [-0.3, -0.25) is 0 Å². The number of halogens is 2. The summed E-state index contributed by atoms with van der Waals surface area (Å²) in [6.07, 6.45) is 0. The third kappa shape index (κ3) is 3.66. The zero-order valence-electron chi connectivity index (χ0n) is 17.6. The van der Waals surface area contributed by atoms with Crippen molar-refractivity contribution in [2.24, 2.45) is 0 Å². The van der Waals surface area contributed by atoms with Crippen LogP contribution in [0.3, 0.4) is 0 Å². The van der Waals surface area contributed by atoms with Crippen LogP contribution in [0.4, 0.5) is 0 Å². The van der Waals surface area contributed by atoms with Gasteiger partial charge in [-0.1, -0.05) is 94.3 Å². The minimum Gasteiger partial charge on any atom is -0.456 e. The van der Waals surface area contributed by atoms with Gasteiger partial charge >= 0.3 is 0 Å². The van der Waals surface area contributed by atoms with E-state index in [4.69, 9.17) is 16.0 Å². The molecule has 0 amide bonds. The van der Waals surface area contributed by atoms with Crippen LogP contribution >= 0.6 is 27.5 Å². The molecular weight excluding hydrogens is 492 g/mol. The van der Waals surface area contributed by atoms with Crippen molar-refractivity contribution in [2.45, 2.75) is 0 Å². The average molecular weight is 510 g/mol. The van der Waals surface area contributed by atoms with Crippen LogP contribution < -0.4 is 0 Å². The molecule has 6 aromatic rings. The van der Waals surface area contributed by atoms with E-state index in [1.54, 1.807) is 0 Å². The van der Waals surface area contributed by atoms with E-state index < -0.39 is 0 Å². The van der Waals surface area contributed by atoms with Gasteiger partial charge in [0.15, 0.2) is 0 Å². The normalized spacial score (nSPS) is 11.3. The van der Waals surface area contributed by atoms with Gasteiger partial charge in [-0.05, 0) is 70.3 Å². The third-order valence-electron chi connectivity index (χ3n) is 6.03. The van der Waals surface area contributed by atoms with Gasteiger partial charge in [0, 0.05) is 25.8 Å². The minimum absolute atomic E-state index is 0.734. The predicted octanol–water partition coefficient (Wildman–Crippen LogP) is 10.0. The van der Waals surface area contributed by atoms with Gasteiger partial charge < -0.3 is 4.42 Å². The lowest BCUT2D eigenvalue weighted by atomic mass is 9.96. The summed E-state index contributed by atoms with van der Waals surface area (Å²) in [4.78, 5) is 0. The van der Waals surface area contributed by atoms with Gasteiger partial charge in [0.1, 0.15) is 11.2 Å². The summed E-state index contributed by atoms with van der Waals surface area (Å²) in [7, 11) is 0. The van der Waals surface area contributed by atoms with Crippen molar-refractivity contribution >= 4 is 49.5 Å². The minimum atomic E-state index is 0.734. The van der Waals surface area contributed by atoms with Crippen LogP contribution in [-0.2, 0) is 0 Å². The summed E-state index contributed by atoms with van der Waals surface area (Å²) >= 11 is 10.3.